The lowest BCUT2D eigenvalue weighted by Gasteiger charge is -2.08. The molecule has 2 rings (SSSR count). The van der Waals surface area contributed by atoms with Crippen molar-refractivity contribution in [3.63, 3.8) is 0 Å². The number of benzene rings is 1. The van der Waals surface area contributed by atoms with Crippen LogP contribution in [0.5, 0.6) is 11.6 Å². The predicted molar refractivity (Wildman–Crippen MR) is 79.8 cm³/mol. The second kappa shape index (κ2) is 6.19. The molecule has 0 aliphatic heterocycles. The summed E-state index contributed by atoms with van der Waals surface area (Å²) in [5.74, 6) is -1.41. The van der Waals surface area contributed by atoms with E-state index in [0.29, 0.717) is 4.47 Å². The molecule has 1 aromatic carbocycles. The molecule has 0 amide bonds. The maximum Gasteiger partial charge on any atom is 0.354 e. The minimum Gasteiger partial charge on any atom is -0.477 e. The van der Waals surface area contributed by atoms with Gasteiger partial charge in [0.2, 0.25) is 0 Å². The first kappa shape index (κ1) is 15.4. The molecule has 0 unspecified atom stereocenters. The third kappa shape index (κ3) is 3.56. The van der Waals surface area contributed by atoms with Gasteiger partial charge in [0.15, 0.2) is 5.69 Å². The fourth-order valence-corrected chi connectivity index (χ4v) is 2.56. The van der Waals surface area contributed by atoms with Crippen LogP contribution in [0.4, 0.5) is 5.69 Å². The number of rotatable bonds is 4. The Labute approximate surface area is 135 Å². The van der Waals surface area contributed by atoms with Gasteiger partial charge in [-0.15, -0.1) is 0 Å². The fraction of sp³-hybridized carbons (Fsp3) is 0. The molecule has 0 aliphatic carbocycles. The summed E-state index contributed by atoms with van der Waals surface area (Å²) in [4.78, 5) is 24.8. The third-order valence-electron chi connectivity index (χ3n) is 2.36. The van der Waals surface area contributed by atoms with Gasteiger partial charge in [-0.2, -0.15) is 4.98 Å². The predicted octanol–water partition coefficient (Wildman–Crippen LogP) is 4.01. The number of halogens is 2. The molecule has 7 nitrogen and oxygen atoms in total. The van der Waals surface area contributed by atoms with Crippen LogP contribution in [0, 0.1) is 10.1 Å². The Hall–Kier alpha value is -2.00. The number of nitro groups is 1. The fourth-order valence-electron chi connectivity index (χ4n) is 1.43. The van der Waals surface area contributed by atoms with Crippen molar-refractivity contribution in [2.24, 2.45) is 0 Å². The molecular formula is C12H6Br2N2O5. The van der Waals surface area contributed by atoms with Crippen LogP contribution >= 0.6 is 31.9 Å². The zero-order chi connectivity index (χ0) is 15.6. The van der Waals surface area contributed by atoms with Gasteiger partial charge < -0.3 is 9.84 Å². The van der Waals surface area contributed by atoms with Crippen molar-refractivity contribution in [2.75, 3.05) is 0 Å². The van der Waals surface area contributed by atoms with Crippen molar-refractivity contribution in [1.29, 1.82) is 0 Å². The summed E-state index contributed by atoms with van der Waals surface area (Å²) in [6.45, 7) is 0. The first-order chi connectivity index (χ1) is 9.88. The van der Waals surface area contributed by atoms with Gasteiger partial charge in [0.1, 0.15) is 5.75 Å². The average molecular weight is 418 g/mol. The normalized spacial score (nSPS) is 10.2. The second-order valence-electron chi connectivity index (χ2n) is 3.76. The van der Waals surface area contributed by atoms with E-state index in [0.717, 1.165) is 16.6 Å². The number of hydrogen-bond donors (Lipinski definition) is 1. The van der Waals surface area contributed by atoms with E-state index < -0.39 is 16.6 Å². The van der Waals surface area contributed by atoms with Gasteiger partial charge in [-0.1, -0.05) is 15.9 Å². The Morgan fingerprint density at radius 2 is 2.00 bits per heavy atom. The molecule has 0 aliphatic rings. The molecule has 1 heterocycles. The highest BCUT2D eigenvalue weighted by Gasteiger charge is 2.21. The molecule has 0 saturated carbocycles. The molecule has 21 heavy (non-hydrogen) atoms. The maximum atomic E-state index is 11.0. The molecule has 0 radical (unpaired) electrons. The average Bonchev–Trinajstić information content (AvgIpc) is 2.41. The van der Waals surface area contributed by atoms with E-state index in [1.165, 1.54) is 0 Å². The monoisotopic (exact) mass is 416 g/mol. The summed E-state index contributed by atoms with van der Waals surface area (Å²) in [7, 11) is 0. The van der Waals surface area contributed by atoms with E-state index >= 15 is 0 Å². The number of ether oxygens (including phenoxy) is 1. The molecule has 2 aromatic rings. The summed E-state index contributed by atoms with van der Waals surface area (Å²) in [5.41, 5.74) is -0.765. The van der Waals surface area contributed by atoms with Crippen molar-refractivity contribution in [3.8, 4) is 11.6 Å². The minimum atomic E-state index is -1.30. The Morgan fingerprint density at radius 3 is 2.57 bits per heavy atom. The number of carboxylic acids is 1. The van der Waals surface area contributed by atoms with Crippen LogP contribution in [-0.4, -0.2) is 21.0 Å². The number of aromatic nitrogens is 1. The zero-order valence-electron chi connectivity index (χ0n) is 10.1. The van der Waals surface area contributed by atoms with Crippen LogP contribution in [0.2, 0.25) is 0 Å². The van der Waals surface area contributed by atoms with Crippen molar-refractivity contribution in [1.82, 2.24) is 4.98 Å². The Kier molecular flexibility index (Phi) is 4.53. The van der Waals surface area contributed by atoms with E-state index in [1.54, 1.807) is 18.2 Å². The number of hydrogen-bond acceptors (Lipinski definition) is 5. The zero-order valence-corrected chi connectivity index (χ0v) is 13.3. The number of aromatic carboxylic acids is 1. The van der Waals surface area contributed by atoms with Crippen molar-refractivity contribution < 1.29 is 19.6 Å². The standard InChI is InChI=1S/C12H6Br2N2O5/c13-6-1-4-10(7(14)5-6)21-11-9(16(19)20)3-2-8(15-11)12(17)18/h1-5H,(H,17,18). The van der Waals surface area contributed by atoms with Gasteiger partial charge in [0.25, 0.3) is 0 Å². The van der Waals surface area contributed by atoms with Crippen LogP contribution in [0.25, 0.3) is 0 Å². The van der Waals surface area contributed by atoms with Crippen LogP contribution in [0.3, 0.4) is 0 Å². The molecule has 0 bridgehead atoms. The Morgan fingerprint density at radius 1 is 1.29 bits per heavy atom. The molecular weight excluding hydrogens is 412 g/mol. The van der Waals surface area contributed by atoms with Crippen LogP contribution < -0.4 is 4.74 Å². The van der Waals surface area contributed by atoms with Gasteiger partial charge >= 0.3 is 17.5 Å². The van der Waals surface area contributed by atoms with Gasteiger partial charge in [0, 0.05) is 10.5 Å². The summed E-state index contributed by atoms with van der Waals surface area (Å²) < 4.78 is 6.68. The van der Waals surface area contributed by atoms with Crippen molar-refractivity contribution >= 4 is 43.5 Å². The molecule has 0 fully saturated rings. The highest BCUT2D eigenvalue weighted by molar-refractivity contribution is 9.11. The van der Waals surface area contributed by atoms with E-state index in [4.69, 9.17) is 9.84 Å². The Bertz CT molecular complexity index is 736. The molecule has 0 atom stereocenters. The van der Waals surface area contributed by atoms with Crippen LogP contribution in [0.1, 0.15) is 10.5 Å². The first-order valence-corrected chi connectivity index (χ1v) is 6.98. The summed E-state index contributed by atoms with van der Waals surface area (Å²) in [6, 6.07) is 7.00. The van der Waals surface area contributed by atoms with Gasteiger partial charge in [-0.25, -0.2) is 4.79 Å². The lowest BCUT2D eigenvalue weighted by molar-refractivity contribution is -0.386. The largest absolute Gasteiger partial charge is 0.477 e. The lowest BCUT2D eigenvalue weighted by atomic mass is 10.3. The van der Waals surface area contributed by atoms with Crippen molar-refractivity contribution in [3.05, 3.63) is 55.1 Å². The third-order valence-corrected chi connectivity index (χ3v) is 3.47. The molecule has 1 aromatic heterocycles. The van der Waals surface area contributed by atoms with Crippen LogP contribution in [-0.2, 0) is 0 Å². The van der Waals surface area contributed by atoms with Gasteiger partial charge in [0.05, 0.1) is 9.40 Å². The summed E-state index contributed by atoms with van der Waals surface area (Å²) >= 11 is 6.51. The quantitative estimate of drug-likeness (QED) is 0.595. The molecule has 9 heteroatoms. The van der Waals surface area contributed by atoms with Gasteiger partial charge in [-0.05, 0) is 40.2 Å². The summed E-state index contributed by atoms with van der Waals surface area (Å²) in [6.07, 6.45) is 0. The first-order valence-electron chi connectivity index (χ1n) is 5.40. The van der Waals surface area contributed by atoms with E-state index in [1.807, 2.05) is 0 Å². The number of nitrogens with zero attached hydrogens (tertiary/aromatic N) is 2. The smallest absolute Gasteiger partial charge is 0.354 e. The maximum absolute atomic E-state index is 11.0. The SMILES string of the molecule is O=C(O)c1ccc([N+](=O)[O-])c(Oc2ccc(Br)cc2Br)n1. The molecule has 108 valence electrons. The highest BCUT2D eigenvalue weighted by atomic mass is 79.9. The highest BCUT2D eigenvalue weighted by Crippen LogP contribution is 2.35. The Balaban J connectivity index is 2.48. The number of carboxylic acid groups (broad SMARTS) is 1. The molecule has 0 spiro atoms. The lowest BCUT2D eigenvalue weighted by Crippen LogP contribution is -2.04. The van der Waals surface area contributed by atoms with E-state index in [9.17, 15) is 14.9 Å². The van der Waals surface area contributed by atoms with Crippen molar-refractivity contribution in [2.45, 2.75) is 0 Å². The molecule has 0 saturated heterocycles. The number of carbonyl (C=O) groups is 1. The molecule has 1 N–H and O–H groups in total. The minimum absolute atomic E-state index is 0.274. The van der Waals surface area contributed by atoms with E-state index in [-0.39, 0.29) is 17.3 Å². The second-order valence-corrected chi connectivity index (χ2v) is 5.53. The summed E-state index contributed by atoms with van der Waals surface area (Å²) in [5, 5.41) is 19.8. The number of pyridine rings is 1. The van der Waals surface area contributed by atoms with Crippen LogP contribution in [0.15, 0.2) is 39.3 Å². The van der Waals surface area contributed by atoms with E-state index in [2.05, 4.69) is 36.8 Å². The van der Waals surface area contributed by atoms with Gasteiger partial charge in [-0.3, -0.25) is 10.1 Å². The topological polar surface area (TPSA) is 103 Å².